The van der Waals surface area contributed by atoms with Gasteiger partial charge in [0.1, 0.15) is 12.8 Å². The van der Waals surface area contributed by atoms with E-state index < -0.39 is 36.4 Å². The van der Waals surface area contributed by atoms with Gasteiger partial charge in [0.2, 0.25) is 0 Å². The molecule has 0 bridgehead atoms. The number of sulfonamides is 1. The smallest absolute Gasteiger partial charge is 0.340 e. The molecule has 0 aliphatic carbocycles. The average molecular weight is 324 g/mol. The summed E-state index contributed by atoms with van der Waals surface area (Å²) in [5.74, 6) is -1.44. The molecule has 0 spiro atoms. The fourth-order valence-electron chi connectivity index (χ4n) is 1.32. The van der Waals surface area contributed by atoms with Gasteiger partial charge in [-0.05, 0) is 12.1 Å². The summed E-state index contributed by atoms with van der Waals surface area (Å²) < 4.78 is 34.7. The van der Waals surface area contributed by atoms with Gasteiger partial charge < -0.3 is 14.9 Å². The van der Waals surface area contributed by atoms with E-state index in [4.69, 9.17) is 14.9 Å². The SMILES string of the molecule is O=C(O)CN(CP(=O)(O)O)NS(=O)(=O)c1ccccc1. The van der Waals surface area contributed by atoms with E-state index in [1.165, 1.54) is 24.3 Å². The second-order valence-electron chi connectivity index (χ2n) is 3.81. The zero-order valence-electron chi connectivity index (χ0n) is 10.1. The van der Waals surface area contributed by atoms with Crippen LogP contribution in [0.25, 0.3) is 0 Å². The molecule has 11 heteroatoms. The Morgan fingerprint density at radius 1 is 1.25 bits per heavy atom. The Balaban J connectivity index is 2.94. The van der Waals surface area contributed by atoms with Crippen molar-refractivity contribution in [1.82, 2.24) is 9.84 Å². The van der Waals surface area contributed by atoms with E-state index in [2.05, 4.69) is 0 Å². The molecule has 0 unspecified atom stereocenters. The number of carboxylic acid groups (broad SMARTS) is 1. The van der Waals surface area contributed by atoms with E-state index in [0.717, 1.165) is 0 Å². The van der Waals surface area contributed by atoms with Crippen LogP contribution in [0.15, 0.2) is 35.2 Å². The highest BCUT2D eigenvalue weighted by molar-refractivity contribution is 7.89. The van der Waals surface area contributed by atoms with Crippen molar-refractivity contribution in [3.05, 3.63) is 30.3 Å². The van der Waals surface area contributed by atoms with Gasteiger partial charge in [-0.25, -0.2) is 13.4 Å². The van der Waals surface area contributed by atoms with Gasteiger partial charge in [0.25, 0.3) is 10.0 Å². The zero-order valence-corrected chi connectivity index (χ0v) is 11.8. The Morgan fingerprint density at radius 3 is 2.25 bits per heavy atom. The number of hydrogen-bond acceptors (Lipinski definition) is 5. The second kappa shape index (κ2) is 6.44. The Bertz CT molecular complexity index is 612. The Labute approximate surface area is 115 Å². The number of nitrogens with one attached hydrogen (secondary N) is 1. The summed E-state index contributed by atoms with van der Waals surface area (Å²) in [7, 11) is -8.73. The average Bonchev–Trinajstić information content (AvgIpc) is 2.26. The maximum absolute atomic E-state index is 11.9. The van der Waals surface area contributed by atoms with Crippen LogP contribution in [0.1, 0.15) is 0 Å². The third-order valence-electron chi connectivity index (χ3n) is 1.98. The standard InChI is InChI=1S/C9H13N2O7PS/c12-9(13)6-11(7-19(14,15)16)10-20(17,18)8-4-2-1-3-5-8/h1-5,10H,6-7H2,(H,12,13)(H2,14,15,16). The summed E-state index contributed by atoms with van der Waals surface area (Å²) in [6.07, 6.45) is -1.05. The van der Waals surface area contributed by atoms with Gasteiger partial charge in [-0.3, -0.25) is 9.36 Å². The topological polar surface area (TPSA) is 144 Å². The summed E-state index contributed by atoms with van der Waals surface area (Å²) in [6.45, 7) is -0.892. The number of carboxylic acids is 1. The van der Waals surface area contributed by atoms with Crippen LogP contribution in [-0.4, -0.2) is 47.1 Å². The molecule has 4 N–H and O–H groups in total. The number of nitrogens with zero attached hydrogens (tertiary/aromatic N) is 1. The lowest BCUT2D eigenvalue weighted by atomic mass is 10.4. The first kappa shape index (κ1) is 16.8. The molecule has 0 radical (unpaired) electrons. The van der Waals surface area contributed by atoms with E-state index in [-0.39, 0.29) is 4.90 Å². The monoisotopic (exact) mass is 324 g/mol. The van der Waals surface area contributed by atoms with Crippen molar-refractivity contribution in [3.8, 4) is 0 Å². The molecule has 0 aliphatic rings. The molecule has 0 saturated heterocycles. The summed E-state index contributed by atoms with van der Waals surface area (Å²) in [5, 5.41) is 9.05. The van der Waals surface area contributed by atoms with Gasteiger partial charge in [0.05, 0.1) is 4.90 Å². The van der Waals surface area contributed by atoms with E-state index in [1.54, 1.807) is 6.07 Å². The lowest BCUT2D eigenvalue weighted by Crippen LogP contribution is -2.45. The first-order valence-corrected chi connectivity index (χ1v) is 8.47. The predicted octanol–water partition coefficient (Wildman–Crippen LogP) is -0.598. The molecule has 9 nitrogen and oxygen atoms in total. The van der Waals surface area contributed by atoms with Crippen LogP contribution >= 0.6 is 7.60 Å². The highest BCUT2D eigenvalue weighted by Gasteiger charge is 2.26. The Kier molecular flexibility index (Phi) is 5.40. The summed E-state index contributed by atoms with van der Waals surface area (Å²) in [6, 6.07) is 7.03. The fourth-order valence-corrected chi connectivity index (χ4v) is 3.12. The van der Waals surface area contributed by atoms with Crippen LogP contribution in [0.3, 0.4) is 0 Å². The van der Waals surface area contributed by atoms with Gasteiger partial charge in [0.15, 0.2) is 0 Å². The van der Waals surface area contributed by atoms with Crippen LogP contribution in [-0.2, 0) is 19.4 Å². The minimum atomic E-state index is -4.62. The van der Waals surface area contributed by atoms with Crippen LogP contribution in [0.5, 0.6) is 0 Å². The molecular formula is C9H13N2O7PS. The fraction of sp³-hybridized carbons (Fsp3) is 0.222. The molecule has 0 heterocycles. The van der Waals surface area contributed by atoms with Crippen LogP contribution in [0.2, 0.25) is 0 Å². The van der Waals surface area contributed by atoms with Gasteiger partial charge in [-0.1, -0.05) is 18.2 Å². The minimum Gasteiger partial charge on any atom is -0.480 e. The first-order valence-electron chi connectivity index (χ1n) is 5.19. The molecular weight excluding hydrogens is 311 g/mol. The Hall–Kier alpha value is -1.29. The van der Waals surface area contributed by atoms with E-state index in [0.29, 0.717) is 5.01 Å². The molecule has 0 saturated carbocycles. The van der Waals surface area contributed by atoms with Crippen molar-refractivity contribution in [2.45, 2.75) is 4.90 Å². The van der Waals surface area contributed by atoms with E-state index >= 15 is 0 Å². The number of hydrazine groups is 1. The van der Waals surface area contributed by atoms with Crippen molar-refractivity contribution < 1.29 is 32.7 Å². The minimum absolute atomic E-state index is 0.152. The highest BCUT2D eigenvalue weighted by atomic mass is 32.2. The molecule has 0 aliphatic heterocycles. The largest absolute Gasteiger partial charge is 0.480 e. The molecule has 1 aromatic rings. The molecule has 112 valence electrons. The van der Waals surface area contributed by atoms with Crippen molar-refractivity contribution >= 4 is 23.6 Å². The second-order valence-corrected chi connectivity index (χ2v) is 7.08. The molecule has 1 aromatic carbocycles. The summed E-state index contributed by atoms with van der Waals surface area (Å²) in [4.78, 5) is 29.9. The molecule has 0 aromatic heterocycles. The van der Waals surface area contributed by atoms with Crippen molar-refractivity contribution in [2.75, 3.05) is 12.8 Å². The lowest BCUT2D eigenvalue weighted by Gasteiger charge is -2.21. The number of aliphatic carboxylic acids is 1. The van der Waals surface area contributed by atoms with Crippen molar-refractivity contribution in [1.29, 1.82) is 0 Å². The number of carbonyl (C=O) groups is 1. The Morgan fingerprint density at radius 2 is 1.80 bits per heavy atom. The highest BCUT2D eigenvalue weighted by Crippen LogP contribution is 2.34. The third kappa shape index (κ3) is 5.78. The molecule has 0 amide bonds. The lowest BCUT2D eigenvalue weighted by molar-refractivity contribution is -0.138. The van der Waals surface area contributed by atoms with Crippen LogP contribution in [0.4, 0.5) is 0 Å². The number of benzene rings is 1. The molecule has 1 rings (SSSR count). The van der Waals surface area contributed by atoms with E-state index in [1.807, 2.05) is 4.83 Å². The maximum Gasteiger partial charge on any atom is 0.340 e. The first-order chi connectivity index (χ1) is 9.10. The van der Waals surface area contributed by atoms with E-state index in [9.17, 15) is 17.8 Å². The van der Waals surface area contributed by atoms with Gasteiger partial charge in [-0.15, -0.1) is 4.83 Å². The van der Waals surface area contributed by atoms with Crippen molar-refractivity contribution in [3.63, 3.8) is 0 Å². The summed E-state index contributed by atoms with van der Waals surface area (Å²) >= 11 is 0. The normalized spacial score (nSPS) is 12.6. The zero-order chi connectivity index (χ0) is 15.4. The molecule has 0 fully saturated rings. The van der Waals surface area contributed by atoms with Crippen molar-refractivity contribution in [2.24, 2.45) is 0 Å². The number of rotatable bonds is 7. The maximum atomic E-state index is 11.9. The van der Waals surface area contributed by atoms with Crippen LogP contribution in [0, 0.1) is 0 Å². The predicted molar refractivity (Wildman–Crippen MR) is 68.0 cm³/mol. The van der Waals surface area contributed by atoms with Gasteiger partial charge in [-0.2, -0.15) is 0 Å². The third-order valence-corrected chi connectivity index (χ3v) is 4.09. The van der Waals surface area contributed by atoms with Gasteiger partial charge in [0, 0.05) is 0 Å². The van der Waals surface area contributed by atoms with Gasteiger partial charge >= 0.3 is 13.6 Å². The molecule has 0 atom stereocenters. The summed E-state index contributed by atoms with van der Waals surface area (Å²) in [5.41, 5.74) is 0. The number of hydrogen-bond donors (Lipinski definition) is 4. The quantitative estimate of drug-likeness (QED) is 0.384. The molecule has 20 heavy (non-hydrogen) atoms. The van der Waals surface area contributed by atoms with Crippen LogP contribution < -0.4 is 4.83 Å².